The number of aryl methyl sites for hydroxylation is 1. The van der Waals surface area contributed by atoms with Crippen molar-refractivity contribution in [3.8, 4) is 0 Å². The number of hydrogen-bond donors (Lipinski definition) is 0. The molecule has 6 nitrogen and oxygen atoms in total. The van der Waals surface area contributed by atoms with E-state index in [9.17, 15) is 9.59 Å². The maximum absolute atomic E-state index is 12.6. The Balaban J connectivity index is 1.84. The van der Waals surface area contributed by atoms with Gasteiger partial charge in [-0.3, -0.25) is 9.59 Å². The molecular formula is C18H24N4O2. The van der Waals surface area contributed by atoms with Gasteiger partial charge < -0.3 is 9.80 Å². The minimum atomic E-state index is -0.207. The van der Waals surface area contributed by atoms with E-state index < -0.39 is 0 Å². The molecule has 0 radical (unpaired) electrons. The standard InChI is InChI=1S/C18H24N4O2/c1-12-9-21(10-16(12)20(3)4)17(23)11-22-18(24)15-8-6-5-7-14(15)13(2)19-22/h5-8,12,16H,9-11H2,1-4H3. The number of rotatable bonds is 3. The average Bonchev–Trinajstić information content (AvgIpc) is 2.94. The van der Waals surface area contributed by atoms with Crippen molar-refractivity contribution in [3.05, 3.63) is 40.3 Å². The van der Waals surface area contributed by atoms with Crippen LogP contribution in [0.2, 0.25) is 0 Å². The normalized spacial score (nSPS) is 21.0. The largest absolute Gasteiger partial charge is 0.339 e. The Morgan fingerprint density at radius 1 is 1.25 bits per heavy atom. The molecule has 2 atom stereocenters. The van der Waals surface area contributed by atoms with Crippen LogP contribution in [0.3, 0.4) is 0 Å². The van der Waals surface area contributed by atoms with Crippen molar-refractivity contribution in [1.29, 1.82) is 0 Å². The molecule has 1 aliphatic rings. The zero-order valence-corrected chi connectivity index (χ0v) is 14.7. The second kappa shape index (κ2) is 6.36. The highest BCUT2D eigenvalue weighted by Gasteiger charge is 2.33. The van der Waals surface area contributed by atoms with Crippen molar-refractivity contribution in [1.82, 2.24) is 19.6 Å². The fourth-order valence-electron chi connectivity index (χ4n) is 3.57. The van der Waals surface area contributed by atoms with Gasteiger partial charge in [-0.15, -0.1) is 0 Å². The first-order valence-corrected chi connectivity index (χ1v) is 8.29. The molecule has 1 aliphatic heterocycles. The number of aromatic nitrogens is 2. The molecule has 0 N–H and O–H groups in total. The Labute approximate surface area is 141 Å². The monoisotopic (exact) mass is 328 g/mol. The summed E-state index contributed by atoms with van der Waals surface area (Å²) in [4.78, 5) is 29.2. The first-order valence-electron chi connectivity index (χ1n) is 8.29. The van der Waals surface area contributed by atoms with E-state index >= 15 is 0 Å². The fraction of sp³-hybridized carbons (Fsp3) is 0.500. The number of nitrogens with zero attached hydrogens (tertiary/aromatic N) is 4. The van der Waals surface area contributed by atoms with Gasteiger partial charge in [-0.25, -0.2) is 4.68 Å². The lowest BCUT2D eigenvalue weighted by atomic mass is 10.1. The van der Waals surface area contributed by atoms with Crippen LogP contribution in [0, 0.1) is 12.8 Å². The van der Waals surface area contributed by atoms with Crippen LogP contribution in [-0.4, -0.2) is 58.7 Å². The molecule has 6 heteroatoms. The molecule has 128 valence electrons. The number of carbonyl (C=O) groups excluding carboxylic acids is 1. The lowest BCUT2D eigenvalue weighted by Crippen LogP contribution is -2.38. The molecule has 0 saturated carbocycles. The summed E-state index contributed by atoms with van der Waals surface area (Å²) in [6.45, 7) is 5.44. The maximum atomic E-state index is 12.6. The van der Waals surface area contributed by atoms with Crippen molar-refractivity contribution in [2.24, 2.45) is 5.92 Å². The van der Waals surface area contributed by atoms with E-state index in [1.54, 1.807) is 6.07 Å². The highest BCUT2D eigenvalue weighted by Crippen LogP contribution is 2.20. The summed E-state index contributed by atoms with van der Waals surface area (Å²) in [5.41, 5.74) is 0.555. The van der Waals surface area contributed by atoms with E-state index in [0.29, 0.717) is 23.9 Å². The second-order valence-corrected chi connectivity index (χ2v) is 6.90. The third-order valence-electron chi connectivity index (χ3n) is 4.93. The van der Waals surface area contributed by atoms with Crippen LogP contribution in [-0.2, 0) is 11.3 Å². The molecule has 0 aliphatic carbocycles. The molecule has 3 rings (SSSR count). The molecule has 0 spiro atoms. The molecule has 1 aromatic heterocycles. The molecular weight excluding hydrogens is 304 g/mol. The SMILES string of the molecule is Cc1nn(CC(=O)N2CC(C)C(N(C)C)C2)c(=O)c2ccccc12. The lowest BCUT2D eigenvalue weighted by molar-refractivity contribution is -0.131. The summed E-state index contributed by atoms with van der Waals surface area (Å²) in [6.07, 6.45) is 0. The molecule has 24 heavy (non-hydrogen) atoms. The number of likely N-dealkylation sites (N-methyl/N-ethyl adjacent to an activating group) is 1. The van der Waals surface area contributed by atoms with Crippen molar-refractivity contribution in [2.45, 2.75) is 26.4 Å². The smallest absolute Gasteiger partial charge is 0.275 e. The maximum Gasteiger partial charge on any atom is 0.275 e. The lowest BCUT2D eigenvalue weighted by Gasteiger charge is -2.22. The van der Waals surface area contributed by atoms with Crippen LogP contribution in [0.15, 0.2) is 29.1 Å². The Morgan fingerprint density at radius 3 is 2.54 bits per heavy atom. The summed E-state index contributed by atoms with van der Waals surface area (Å²) >= 11 is 0. The quantitative estimate of drug-likeness (QED) is 0.847. The van der Waals surface area contributed by atoms with Crippen molar-refractivity contribution in [3.63, 3.8) is 0 Å². The van der Waals surface area contributed by atoms with E-state index in [1.165, 1.54) is 4.68 Å². The Morgan fingerprint density at radius 2 is 1.92 bits per heavy atom. The molecule has 1 fully saturated rings. The van der Waals surface area contributed by atoms with E-state index in [2.05, 4.69) is 16.9 Å². The summed E-state index contributed by atoms with van der Waals surface area (Å²) in [5.74, 6) is 0.377. The Hall–Kier alpha value is -2.21. The Bertz CT molecular complexity index is 827. The van der Waals surface area contributed by atoms with Gasteiger partial charge in [-0.2, -0.15) is 5.10 Å². The van der Waals surface area contributed by atoms with E-state index in [-0.39, 0.29) is 18.0 Å². The first-order chi connectivity index (χ1) is 11.4. The van der Waals surface area contributed by atoms with Crippen molar-refractivity contribution >= 4 is 16.7 Å². The summed E-state index contributed by atoms with van der Waals surface area (Å²) in [7, 11) is 4.07. The van der Waals surface area contributed by atoms with Crippen LogP contribution in [0.5, 0.6) is 0 Å². The van der Waals surface area contributed by atoms with Gasteiger partial charge >= 0.3 is 0 Å². The number of carbonyl (C=O) groups is 1. The van der Waals surface area contributed by atoms with Gasteiger partial charge in [0.1, 0.15) is 6.54 Å². The van der Waals surface area contributed by atoms with Crippen LogP contribution >= 0.6 is 0 Å². The van der Waals surface area contributed by atoms with Gasteiger partial charge in [0.2, 0.25) is 5.91 Å². The van der Waals surface area contributed by atoms with Gasteiger partial charge in [0.25, 0.3) is 5.56 Å². The minimum Gasteiger partial charge on any atom is -0.339 e. The molecule has 1 amide bonds. The molecule has 2 heterocycles. The first kappa shape index (κ1) is 16.6. The molecule has 1 aromatic carbocycles. The van der Waals surface area contributed by atoms with Crippen LogP contribution in [0.4, 0.5) is 0 Å². The van der Waals surface area contributed by atoms with Crippen LogP contribution < -0.4 is 5.56 Å². The van der Waals surface area contributed by atoms with E-state index in [1.807, 2.05) is 44.1 Å². The molecule has 2 aromatic rings. The average molecular weight is 328 g/mol. The van der Waals surface area contributed by atoms with Crippen LogP contribution in [0.1, 0.15) is 12.6 Å². The number of amides is 1. The predicted octanol–water partition coefficient (Wildman–Crippen LogP) is 1.11. The number of benzene rings is 1. The highest BCUT2D eigenvalue weighted by atomic mass is 16.2. The highest BCUT2D eigenvalue weighted by molar-refractivity contribution is 5.83. The molecule has 2 unspecified atom stereocenters. The summed E-state index contributed by atoms with van der Waals surface area (Å²) in [6, 6.07) is 7.75. The van der Waals surface area contributed by atoms with Crippen LogP contribution in [0.25, 0.3) is 10.8 Å². The van der Waals surface area contributed by atoms with Crippen molar-refractivity contribution in [2.75, 3.05) is 27.2 Å². The van der Waals surface area contributed by atoms with Crippen molar-refractivity contribution < 1.29 is 4.79 Å². The second-order valence-electron chi connectivity index (χ2n) is 6.90. The number of likely N-dealkylation sites (tertiary alicyclic amines) is 1. The summed E-state index contributed by atoms with van der Waals surface area (Å²) < 4.78 is 1.30. The van der Waals surface area contributed by atoms with Gasteiger partial charge in [0.15, 0.2) is 0 Å². The summed E-state index contributed by atoms with van der Waals surface area (Å²) in [5, 5.41) is 5.78. The molecule has 1 saturated heterocycles. The van der Waals surface area contributed by atoms with Gasteiger partial charge in [-0.1, -0.05) is 25.1 Å². The minimum absolute atomic E-state index is 0.00260. The third kappa shape index (κ3) is 2.94. The topological polar surface area (TPSA) is 58.4 Å². The zero-order valence-electron chi connectivity index (χ0n) is 14.7. The van der Waals surface area contributed by atoms with Gasteiger partial charge in [-0.05, 0) is 33.0 Å². The van der Waals surface area contributed by atoms with Gasteiger partial charge in [0, 0.05) is 24.5 Å². The number of fused-ring (bicyclic) bond motifs is 1. The third-order valence-corrected chi connectivity index (χ3v) is 4.93. The Kier molecular flexibility index (Phi) is 4.41. The van der Waals surface area contributed by atoms with E-state index in [0.717, 1.165) is 17.6 Å². The zero-order chi connectivity index (χ0) is 17.4. The molecule has 0 bridgehead atoms. The fourth-order valence-corrected chi connectivity index (χ4v) is 3.57. The predicted molar refractivity (Wildman–Crippen MR) is 94.0 cm³/mol. The van der Waals surface area contributed by atoms with E-state index in [4.69, 9.17) is 0 Å². The van der Waals surface area contributed by atoms with Gasteiger partial charge in [0.05, 0.1) is 11.1 Å². The number of hydrogen-bond acceptors (Lipinski definition) is 4.